The maximum absolute atomic E-state index is 6.07. The fourth-order valence-electron chi connectivity index (χ4n) is 3.44. The van der Waals surface area contributed by atoms with Crippen LogP contribution in [0.15, 0.2) is 0 Å². The van der Waals surface area contributed by atoms with E-state index in [1.54, 1.807) is 0 Å². The van der Waals surface area contributed by atoms with E-state index in [2.05, 4.69) is 32.1 Å². The Morgan fingerprint density at radius 1 is 1.14 bits per heavy atom. The number of nitrogens with zero attached hydrogens (tertiary/aromatic N) is 4. The Morgan fingerprint density at radius 2 is 1.95 bits per heavy atom. The molecule has 21 heavy (non-hydrogen) atoms. The van der Waals surface area contributed by atoms with Gasteiger partial charge >= 0.3 is 0 Å². The molecule has 1 N–H and O–H groups in total. The van der Waals surface area contributed by atoms with Crippen LogP contribution in [0.3, 0.4) is 0 Å². The smallest absolute Gasteiger partial charge is 0.231 e. The molecule has 1 aromatic heterocycles. The van der Waals surface area contributed by atoms with E-state index in [4.69, 9.17) is 11.6 Å². The molecule has 1 aromatic rings. The summed E-state index contributed by atoms with van der Waals surface area (Å²) in [5.74, 6) is 2.18. The minimum Gasteiger partial charge on any atom is -0.351 e. The first kappa shape index (κ1) is 14.8. The van der Waals surface area contributed by atoms with Gasteiger partial charge in [0.15, 0.2) is 0 Å². The van der Waals surface area contributed by atoms with E-state index in [-0.39, 0.29) is 5.28 Å². The molecule has 0 radical (unpaired) electrons. The van der Waals surface area contributed by atoms with Crippen molar-refractivity contribution in [2.24, 2.45) is 5.92 Å². The number of halogens is 1. The second-order valence-corrected chi connectivity index (χ2v) is 6.54. The summed E-state index contributed by atoms with van der Waals surface area (Å²) in [4.78, 5) is 15.3. The maximum Gasteiger partial charge on any atom is 0.231 e. The van der Waals surface area contributed by atoms with Gasteiger partial charge in [-0.05, 0) is 43.2 Å². The van der Waals surface area contributed by atoms with Crippen LogP contribution in [-0.4, -0.2) is 34.1 Å². The fourth-order valence-corrected chi connectivity index (χ4v) is 3.59. The van der Waals surface area contributed by atoms with Gasteiger partial charge in [0.25, 0.3) is 0 Å². The lowest BCUT2D eigenvalue weighted by Gasteiger charge is -2.29. The van der Waals surface area contributed by atoms with Crippen molar-refractivity contribution in [2.75, 3.05) is 23.3 Å². The zero-order valence-electron chi connectivity index (χ0n) is 12.7. The molecule has 0 spiro atoms. The second-order valence-electron chi connectivity index (χ2n) is 6.20. The summed E-state index contributed by atoms with van der Waals surface area (Å²) < 4.78 is 0. The van der Waals surface area contributed by atoms with Crippen LogP contribution in [0.5, 0.6) is 0 Å². The van der Waals surface area contributed by atoms with Crippen LogP contribution in [0.4, 0.5) is 11.9 Å². The van der Waals surface area contributed by atoms with Crippen molar-refractivity contribution in [1.82, 2.24) is 15.0 Å². The topological polar surface area (TPSA) is 53.9 Å². The molecular weight excluding hydrogens is 286 g/mol. The van der Waals surface area contributed by atoms with Gasteiger partial charge in [-0.3, -0.25) is 0 Å². The molecule has 0 amide bonds. The minimum atomic E-state index is 0.289. The van der Waals surface area contributed by atoms with Gasteiger partial charge in [-0.1, -0.05) is 26.2 Å². The van der Waals surface area contributed by atoms with Gasteiger partial charge in [0, 0.05) is 19.1 Å². The highest BCUT2D eigenvalue weighted by molar-refractivity contribution is 6.28. The van der Waals surface area contributed by atoms with Crippen LogP contribution in [0, 0.1) is 5.92 Å². The Hall–Kier alpha value is -1.10. The van der Waals surface area contributed by atoms with Crippen LogP contribution in [-0.2, 0) is 0 Å². The Bertz CT molecular complexity index is 475. The Balaban J connectivity index is 1.69. The van der Waals surface area contributed by atoms with Crippen molar-refractivity contribution in [2.45, 2.75) is 57.9 Å². The van der Waals surface area contributed by atoms with Gasteiger partial charge in [-0.2, -0.15) is 15.0 Å². The molecule has 2 atom stereocenters. The molecule has 0 aromatic carbocycles. The van der Waals surface area contributed by atoms with Crippen molar-refractivity contribution in [3.05, 3.63) is 5.28 Å². The zero-order valence-corrected chi connectivity index (χ0v) is 13.4. The van der Waals surface area contributed by atoms with Crippen LogP contribution < -0.4 is 10.2 Å². The first-order chi connectivity index (χ1) is 10.2. The monoisotopic (exact) mass is 309 g/mol. The first-order valence-electron chi connectivity index (χ1n) is 8.17. The van der Waals surface area contributed by atoms with Crippen LogP contribution in [0.2, 0.25) is 5.28 Å². The molecule has 116 valence electrons. The predicted molar refractivity (Wildman–Crippen MR) is 85.9 cm³/mol. The second kappa shape index (κ2) is 6.77. The average molecular weight is 310 g/mol. The Morgan fingerprint density at radius 3 is 2.71 bits per heavy atom. The number of nitrogens with one attached hydrogen (secondary N) is 1. The molecule has 2 fully saturated rings. The Labute approximate surface area is 131 Å². The Kier molecular flexibility index (Phi) is 4.78. The third-order valence-electron chi connectivity index (χ3n) is 4.68. The lowest BCUT2D eigenvalue weighted by molar-refractivity contribution is 0.326. The molecule has 1 saturated heterocycles. The van der Waals surface area contributed by atoms with Gasteiger partial charge in [-0.15, -0.1) is 0 Å². The van der Waals surface area contributed by atoms with Crippen molar-refractivity contribution in [3.8, 4) is 0 Å². The largest absolute Gasteiger partial charge is 0.351 e. The van der Waals surface area contributed by atoms with Gasteiger partial charge in [-0.25, -0.2) is 0 Å². The number of anilines is 2. The quantitative estimate of drug-likeness (QED) is 0.922. The summed E-state index contributed by atoms with van der Waals surface area (Å²) in [6, 6.07) is 0.466. The maximum atomic E-state index is 6.07. The summed E-state index contributed by atoms with van der Waals surface area (Å²) in [6.45, 7) is 4.31. The molecule has 1 aliphatic heterocycles. The highest BCUT2D eigenvalue weighted by Gasteiger charge is 2.22. The third kappa shape index (κ3) is 3.76. The van der Waals surface area contributed by atoms with Crippen molar-refractivity contribution < 1.29 is 0 Å². The summed E-state index contributed by atoms with van der Waals surface area (Å²) in [7, 11) is 0. The first-order valence-corrected chi connectivity index (χ1v) is 8.55. The van der Waals surface area contributed by atoms with Crippen LogP contribution in [0.25, 0.3) is 0 Å². The van der Waals surface area contributed by atoms with Gasteiger partial charge in [0.05, 0.1) is 0 Å². The zero-order chi connectivity index (χ0) is 14.7. The molecular formula is C15H24ClN5. The molecule has 6 heteroatoms. The molecule has 1 aliphatic carbocycles. The molecule has 2 unspecified atom stereocenters. The van der Waals surface area contributed by atoms with Crippen molar-refractivity contribution >= 4 is 23.5 Å². The number of rotatable bonds is 4. The van der Waals surface area contributed by atoms with E-state index >= 15 is 0 Å². The fraction of sp³-hybridized carbons (Fsp3) is 0.800. The lowest BCUT2D eigenvalue weighted by Crippen LogP contribution is -2.29. The molecule has 0 bridgehead atoms. The number of hydrogen-bond acceptors (Lipinski definition) is 5. The predicted octanol–water partition coefficient (Wildman–Crippen LogP) is 3.51. The summed E-state index contributed by atoms with van der Waals surface area (Å²) in [5.41, 5.74) is 0. The van der Waals surface area contributed by atoms with E-state index in [1.807, 2.05) is 0 Å². The van der Waals surface area contributed by atoms with Gasteiger partial charge in [0.2, 0.25) is 17.2 Å². The van der Waals surface area contributed by atoms with Gasteiger partial charge in [0.1, 0.15) is 0 Å². The normalized spacial score (nSPS) is 26.1. The summed E-state index contributed by atoms with van der Waals surface area (Å²) >= 11 is 6.07. The van der Waals surface area contributed by atoms with Gasteiger partial charge < -0.3 is 10.2 Å². The number of hydrogen-bond donors (Lipinski definition) is 1. The molecule has 3 rings (SSSR count). The van der Waals surface area contributed by atoms with Crippen LogP contribution in [0.1, 0.15) is 51.9 Å². The van der Waals surface area contributed by atoms with E-state index in [0.717, 1.165) is 25.0 Å². The SMILES string of the molecule is CCC1CCCC(Nc2nc(Cl)nc(N3CCCC3)n2)C1. The van der Waals surface area contributed by atoms with Crippen molar-refractivity contribution in [3.63, 3.8) is 0 Å². The minimum absolute atomic E-state index is 0.289. The highest BCUT2D eigenvalue weighted by atomic mass is 35.5. The third-order valence-corrected chi connectivity index (χ3v) is 4.85. The van der Waals surface area contributed by atoms with Crippen LogP contribution >= 0.6 is 11.6 Å². The van der Waals surface area contributed by atoms with E-state index < -0.39 is 0 Å². The highest BCUT2D eigenvalue weighted by Crippen LogP contribution is 2.28. The summed E-state index contributed by atoms with van der Waals surface area (Å²) in [5, 5.41) is 3.77. The van der Waals surface area contributed by atoms with E-state index in [9.17, 15) is 0 Å². The lowest BCUT2D eigenvalue weighted by atomic mass is 9.84. The molecule has 2 aliphatic rings. The number of aromatic nitrogens is 3. The molecule has 2 heterocycles. The molecule has 5 nitrogen and oxygen atoms in total. The standard InChI is InChI=1S/C15H24ClN5/c1-2-11-6-5-7-12(10-11)17-14-18-13(16)19-15(20-14)21-8-3-4-9-21/h11-12H,2-10H2,1H3,(H,17,18,19,20). The molecule has 1 saturated carbocycles. The van der Waals surface area contributed by atoms with E-state index in [1.165, 1.54) is 44.9 Å². The average Bonchev–Trinajstić information content (AvgIpc) is 3.01. The van der Waals surface area contributed by atoms with Crippen molar-refractivity contribution in [1.29, 1.82) is 0 Å². The van der Waals surface area contributed by atoms with E-state index in [0.29, 0.717) is 12.0 Å². The summed E-state index contributed by atoms with van der Waals surface area (Å²) in [6.07, 6.45) is 8.70.